The van der Waals surface area contributed by atoms with E-state index < -0.39 is 0 Å². The van der Waals surface area contributed by atoms with E-state index in [9.17, 15) is 4.79 Å². The molecule has 0 unspecified atom stereocenters. The zero-order valence-corrected chi connectivity index (χ0v) is 15.6. The van der Waals surface area contributed by atoms with Crippen LogP contribution in [-0.4, -0.2) is 59.5 Å². The van der Waals surface area contributed by atoms with E-state index in [-0.39, 0.29) is 5.91 Å². The van der Waals surface area contributed by atoms with Crippen LogP contribution in [0.3, 0.4) is 0 Å². The van der Waals surface area contributed by atoms with Crippen LogP contribution in [0.15, 0.2) is 42.7 Å². The number of hydrogen-bond acceptors (Lipinski definition) is 5. The van der Waals surface area contributed by atoms with Crippen molar-refractivity contribution >= 4 is 33.5 Å². The van der Waals surface area contributed by atoms with Gasteiger partial charge in [-0.25, -0.2) is 9.97 Å². The molecule has 27 heavy (non-hydrogen) atoms. The van der Waals surface area contributed by atoms with Crippen LogP contribution in [0.4, 0.5) is 0 Å². The molecule has 3 heterocycles. The maximum atomic E-state index is 12.7. The number of methoxy groups -OCH3 is 1. The van der Waals surface area contributed by atoms with Gasteiger partial charge in [-0.15, -0.1) is 0 Å². The normalized spacial score (nSPS) is 11.6. The molecule has 7 nitrogen and oxygen atoms in total. The van der Waals surface area contributed by atoms with Crippen molar-refractivity contribution in [2.75, 3.05) is 34.3 Å². The Kier molecular flexibility index (Phi) is 4.37. The number of rotatable bonds is 5. The lowest BCUT2D eigenvalue weighted by atomic mass is 10.1. The highest BCUT2D eigenvalue weighted by atomic mass is 16.5. The fraction of sp³-hybridized carbons (Fsp3) is 0.250. The summed E-state index contributed by atoms with van der Waals surface area (Å²) >= 11 is 0. The molecule has 0 aliphatic rings. The summed E-state index contributed by atoms with van der Waals surface area (Å²) in [5, 5.41) is 4.79. The van der Waals surface area contributed by atoms with Gasteiger partial charge in [-0.05, 0) is 44.4 Å². The number of hydrogen-bond donors (Lipinski definition) is 1. The van der Waals surface area contributed by atoms with Gasteiger partial charge in [0.25, 0.3) is 5.91 Å². The first kappa shape index (κ1) is 17.2. The van der Waals surface area contributed by atoms with Gasteiger partial charge in [0.15, 0.2) is 5.65 Å². The third kappa shape index (κ3) is 3.17. The van der Waals surface area contributed by atoms with E-state index >= 15 is 0 Å². The zero-order valence-electron chi connectivity index (χ0n) is 15.6. The number of amides is 1. The standard InChI is InChI=1S/C20H21N5O2/c1-24(2)8-6-22-20(26)16-12-14-10-13-11-15(27-3)4-5-17(13)23-18(14)25-9-7-21-19(16)25/h4-5,7,9-12H,6,8H2,1-3H3,(H,22,26). The number of aromatic nitrogens is 3. The smallest absolute Gasteiger partial charge is 0.255 e. The summed E-state index contributed by atoms with van der Waals surface area (Å²) in [6.45, 7) is 1.35. The highest BCUT2D eigenvalue weighted by Gasteiger charge is 2.15. The number of nitrogens with zero attached hydrogens (tertiary/aromatic N) is 4. The number of carbonyl (C=O) groups excluding carboxylic acids is 1. The molecular formula is C20H21N5O2. The average molecular weight is 363 g/mol. The Morgan fingerprint density at radius 2 is 2.04 bits per heavy atom. The van der Waals surface area contributed by atoms with Gasteiger partial charge >= 0.3 is 0 Å². The molecule has 0 spiro atoms. The molecule has 1 amide bonds. The summed E-state index contributed by atoms with van der Waals surface area (Å²) in [6, 6.07) is 9.64. The number of benzene rings is 1. The number of fused-ring (bicyclic) bond motifs is 4. The molecule has 0 saturated heterocycles. The van der Waals surface area contributed by atoms with Gasteiger partial charge in [0.2, 0.25) is 0 Å². The molecular weight excluding hydrogens is 342 g/mol. The van der Waals surface area contributed by atoms with Crippen molar-refractivity contribution in [1.82, 2.24) is 24.6 Å². The van der Waals surface area contributed by atoms with Crippen LogP contribution in [0.25, 0.3) is 27.6 Å². The molecule has 0 radical (unpaired) electrons. The number of pyridine rings is 2. The maximum Gasteiger partial charge on any atom is 0.255 e. The van der Waals surface area contributed by atoms with E-state index in [1.54, 1.807) is 13.3 Å². The number of imidazole rings is 1. The van der Waals surface area contributed by atoms with Gasteiger partial charge in [-0.2, -0.15) is 0 Å². The van der Waals surface area contributed by atoms with Crippen LogP contribution in [-0.2, 0) is 0 Å². The van der Waals surface area contributed by atoms with Crippen LogP contribution in [0.1, 0.15) is 10.4 Å². The molecule has 0 aliphatic heterocycles. The average Bonchev–Trinajstić information content (AvgIpc) is 3.15. The van der Waals surface area contributed by atoms with Crippen LogP contribution >= 0.6 is 0 Å². The lowest BCUT2D eigenvalue weighted by Gasteiger charge is -2.12. The van der Waals surface area contributed by atoms with Crippen molar-refractivity contribution in [3.8, 4) is 5.75 Å². The van der Waals surface area contributed by atoms with Crippen LogP contribution in [0.2, 0.25) is 0 Å². The first-order valence-corrected chi connectivity index (χ1v) is 8.74. The lowest BCUT2D eigenvalue weighted by Crippen LogP contribution is -2.31. The highest BCUT2D eigenvalue weighted by molar-refractivity contribution is 6.04. The summed E-state index contributed by atoms with van der Waals surface area (Å²) in [7, 11) is 5.58. The second kappa shape index (κ2) is 6.85. The SMILES string of the molecule is COc1ccc2nc3c(cc(C(=O)NCCN(C)C)c4nccn43)cc2c1. The van der Waals surface area contributed by atoms with Gasteiger partial charge in [0.05, 0.1) is 18.2 Å². The van der Waals surface area contributed by atoms with Gasteiger partial charge in [0.1, 0.15) is 11.4 Å². The molecule has 0 saturated carbocycles. The summed E-state index contributed by atoms with van der Waals surface area (Å²) in [5.74, 6) is 0.634. The second-order valence-electron chi connectivity index (χ2n) is 6.70. The van der Waals surface area contributed by atoms with Crippen LogP contribution < -0.4 is 10.1 Å². The Hall–Kier alpha value is -3.19. The fourth-order valence-electron chi connectivity index (χ4n) is 3.14. The fourth-order valence-corrected chi connectivity index (χ4v) is 3.14. The largest absolute Gasteiger partial charge is 0.497 e. The van der Waals surface area contributed by atoms with Crippen LogP contribution in [0, 0.1) is 0 Å². The zero-order chi connectivity index (χ0) is 19.0. The first-order valence-electron chi connectivity index (χ1n) is 8.74. The quantitative estimate of drug-likeness (QED) is 0.551. The number of ether oxygens (including phenoxy) is 1. The molecule has 4 aromatic rings. The van der Waals surface area contributed by atoms with Crippen molar-refractivity contribution in [2.45, 2.75) is 0 Å². The monoisotopic (exact) mass is 363 g/mol. The molecule has 3 aromatic heterocycles. The first-order chi connectivity index (χ1) is 13.1. The topological polar surface area (TPSA) is 71.8 Å². The molecule has 0 atom stereocenters. The Morgan fingerprint density at radius 1 is 1.19 bits per heavy atom. The minimum absolute atomic E-state index is 0.138. The van der Waals surface area contributed by atoms with Crippen molar-refractivity contribution in [1.29, 1.82) is 0 Å². The predicted molar refractivity (Wildman–Crippen MR) is 105 cm³/mol. The van der Waals surface area contributed by atoms with E-state index in [1.807, 2.05) is 59.9 Å². The molecule has 4 rings (SSSR count). The van der Waals surface area contributed by atoms with Crippen molar-refractivity contribution in [2.24, 2.45) is 0 Å². The van der Waals surface area contributed by atoms with Gasteiger partial charge in [-0.1, -0.05) is 0 Å². The van der Waals surface area contributed by atoms with Gasteiger partial charge < -0.3 is 15.0 Å². The Morgan fingerprint density at radius 3 is 2.81 bits per heavy atom. The van der Waals surface area contributed by atoms with Crippen molar-refractivity contribution < 1.29 is 9.53 Å². The van der Waals surface area contributed by atoms with E-state index in [0.717, 1.165) is 34.2 Å². The van der Waals surface area contributed by atoms with Crippen LogP contribution in [0.5, 0.6) is 5.75 Å². The molecule has 0 fully saturated rings. The van der Waals surface area contributed by atoms with E-state index in [2.05, 4.69) is 10.3 Å². The Labute approximate surface area is 156 Å². The number of likely N-dealkylation sites (N-methyl/N-ethyl adjacent to an activating group) is 1. The number of carbonyl (C=O) groups is 1. The molecule has 1 aromatic carbocycles. The third-order valence-electron chi connectivity index (χ3n) is 4.53. The van der Waals surface area contributed by atoms with Gasteiger partial charge in [0, 0.05) is 36.3 Å². The number of nitrogens with one attached hydrogen (secondary N) is 1. The summed E-state index contributed by atoms with van der Waals surface area (Å²) < 4.78 is 7.17. The minimum Gasteiger partial charge on any atom is -0.497 e. The molecule has 0 bridgehead atoms. The van der Waals surface area contributed by atoms with Crippen molar-refractivity contribution in [3.63, 3.8) is 0 Å². The molecule has 7 heteroatoms. The van der Waals surface area contributed by atoms with E-state index in [1.165, 1.54) is 0 Å². The maximum absolute atomic E-state index is 12.7. The summed E-state index contributed by atoms with van der Waals surface area (Å²) in [6.07, 6.45) is 3.52. The Bertz CT molecular complexity index is 1150. The second-order valence-corrected chi connectivity index (χ2v) is 6.70. The molecule has 1 N–H and O–H groups in total. The van der Waals surface area contributed by atoms with Crippen molar-refractivity contribution in [3.05, 3.63) is 48.3 Å². The predicted octanol–water partition coefficient (Wildman–Crippen LogP) is 2.34. The minimum atomic E-state index is -0.138. The lowest BCUT2D eigenvalue weighted by molar-refractivity contribution is 0.0952. The Balaban J connectivity index is 1.84. The van der Waals surface area contributed by atoms with Gasteiger partial charge in [-0.3, -0.25) is 9.20 Å². The van der Waals surface area contributed by atoms with E-state index in [0.29, 0.717) is 17.8 Å². The van der Waals surface area contributed by atoms with E-state index in [4.69, 9.17) is 9.72 Å². The highest BCUT2D eigenvalue weighted by Crippen LogP contribution is 2.26. The molecule has 138 valence electrons. The summed E-state index contributed by atoms with van der Waals surface area (Å²) in [4.78, 5) is 23.9. The summed E-state index contributed by atoms with van der Waals surface area (Å²) in [5.41, 5.74) is 2.77. The third-order valence-corrected chi connectivity index (χ3v) is 4.53. The molecule has 0 aliphatic carbocycles.